The van der Waals surface area contributed by atoms with Gasteiger partial charge in [0.2, 0.25) is 17.8 Å². The maximum absolute atomic E-state index is 5.86. The average Bonchev–Trinajstić information content (AvgIpc) is 3.01. The molecule has 110 valence electrons. The Labute approximate surface area is 119 Å². The van der Waals surface area contributed by atoms with Crippen molar-refractivity contribution in [3.05, 3.63) is 0 Å². The summed E-state index contributed by atoms with van der Waals surface area (Å²) in [6.07, 6.45) is 2.41. The molecule has 0 amide bonds. The highest BCUT2D eigenvalue weighted by Gasteiger charge is 2.21. The highest BCUT2D eigenvalue weighted by atomic mass is 15.4. The van der Waals surface area contributed by atoms with Crippen LogP contribution in [-0.4, -0.2) is 65.7 Å². The number of likely N-dealkylation sites (N-methyl/N-ethyl adjacent to an activating group) is 1. The normalized spacial score (nSPS) is 20.6. The Morgan fingerprint density at radius 2 is 1.40 bits per heavy atom. The summed E-state index contributed by atoms with van der Waals surface area (Å²) in [5, 5.41) is 0. The van der Waals surface area contributed by atoms with Crippen LogP contribution >= 0.6 is 0 Å². The van der Waals surface area contributed by atoms with Gasteiger partial charge < -0.3 is 20.4 Å². The van der Waals surface area contributed by atoms with E-state index in [0.29, 0.717) is 5.95 Å². The first-order chi connectivity index (χ1) is 9.76. The maximum Gasteiger partial charge on any atom is 0.232 e. The molecule has 0 aliphatic carbocycles. The number of rotatable bonds is 3. The van der Waals surface area contributed by atoms with Crippen LogP contribution in [0.2, 0.25) is 0 Å². The Balaban J connectivity index is 1.76. The molecule has 0 radical (unpaired) electrons. The fourth-order valence-electron chi connectivity index (χ4n) is 2.83. The molecule has 2 saturated heterocycles. The van der Waals surface area contributed by atoms with Crippen LogP contribution < -0.4 is 15.5 Å². The van der Waals surface area contributed by atoms with Gasteiger partial charge in [-0.25, -0.2) is 0 Å². The lowest BCUT2D eigenvalue weighted by Gasteiger charge is -2.34. The van der Waals surface area contributed by atoms with Crippen LogP contribution in [0.1, 0.15) is 19.8 Å². The van der Waals surface area contributed by atoms with Gasteiger partial charge in [-0.3, -0.25) is 0 Å². The smallest absolute Gasteiger partial charge is 0.232 e. The fourth-order valence-corrected chi connectivity index (χ4v) is 2.83. The Hall–Kier alpha value is -1.63. The largest absolute Gasteiger partial charge is 0.368 e. The minimum Gasteiger partial charge on any atom is -0.368 e. The Morgan fingerprint density at radius 1 is 0.850 bits per heavy atom. The van der Waals surface area contributed by atoms with Crippen molar-refractivity contribution in [1.29, 1.82) is 0 Å². The van der Waals surface area contributed by atoms with Gasteiger partial charge in [0.05, 0.1) is 0 Å². The molecule has 3 heterocycles. The van der Waals surface area contributed by atoms with Crippen LogP contribution in [0.4, 0.5) is 17.8 Å². The number of hydrogen-bond donors (Lipinski definition) is 1. The summed E-state index contributed by atoms with van der Waals surface area (Å²) in [7, 11) is 0. The zero-order chi connectivity index (χ0) is 13.9. The molecule has 2 N–H and O–H groups in total. The third-order valence-corrected chi connectivity index (χ3v) is 4.12. The van der Waals surface area contributed by atoms with Crippen molar-refractivity contribution in [2.75, 3.05) is 61.3 Å². The first-order valence-corrected chi connectivity index (χ1v) is 7.50. The van der Waals surface area contributed by atoms with E-state index in [9.17, 15) is 0 Å². The van der Waals surface area contributed by atoms with E-state index in [2.05, 4.69) is 36.6 Å². The average molecular weight is 277 g/mol. The summed E-state index contributed by atoms with van der Waals surface area (Å²) >= 11 is 0. The molecule has 2 aliphatic heterocycles. The van der Waals surface area contributed by atoms with E-state index >= 15 is 0 Å². The molecular weight excluding hydrogens is 254 g/mol. The Morgan fingerprint density at radius 3 is 1.95 bits per heavy atom. The van der Waals surface area contributed by atoms with Crippen molar-refractivity contribution in [3.63, 3.8) is 0 Å². The number of nitrogens with two attached hydrogens (primary N) is 1. The summed E-state index contributed by atoms with van der Waals surface area (Å²) in [6.45, 7) is 9.36. The zero-order valence-electron chi connectivity index (χ0n) is 12.1. The molecule has 2 aliphatic rings. The molecule has 0 aromatic carbocycles. The van der Waals surface area contributed by atoms with Crippen molar-refractivity contribution in [2.45, 2.75) is 19.8 Å². The van der Waals surface area contributed by atoms with Crippen LogP contribution in [-0.2, 0) is 0 Å². The first-order valence-electron chi connectivity index (χ1n) is 7.50. The van der Waals surface area contributed by atoms with Crippen LogP contribution in [0.5, 0.6) is 0 Å². The van der Waals surface area contributed by atoms with E-state index < -0.39 is 0 Å². The first kappa shape index (κ1) is 13.4. The molecule has 1 aromatic heterocycles. The van der Waals surface area contributed by atoms with Crippen LogP contribution in [0.3, 0.4) is 0 Å². The third-order valence-electron chi connectivity index (χ3n) is 4.12. The lowest BCUT2D eigenvalue weighted by atomic mass is 10.3. The van der Waals surface area contributed by atoms with Crippen LogP contribution in [0, 0.1) is 0 Å². The monoisotopic (exact) mass is 277 g/mol. The molecule has 20 heavy (non-hydrogen) atoms. The lowest BCUT2D eigenvalue weighted by molar-refractivity contribution is 0.270. The van der Waals surface area contributed by atoms with Gasteiger partial charge in [-0.15, -0.1) is 0 Å². The van der Waals surface area contributed by atoms with E-state index in [1.807, 2.05) is 0 Å². The van der Waals surface area contributed by atoms with Crippen molar-refractivity contribution in [3.8, 4) is 0 Å². The number of nitrogens with zero attached hydrogens (tertiary/aromatic N) is 6. The van der Waals surface area contributed by atoms with Gasteiger partial charge in [-0.2, -0.15) is 15.0 Å². The second kappa shape index (κ2) is 5.78. The highest BCUT2D eigenvalue weighted by Crippen LogP contribution is 2.20. The number of piperazine rings is 1. The highest BCUT2D eigenvalue weighted by molar-refractivity contribution is 5.44. The molecule has 3 rings (SSSR count). The fraction of sp³-hybridized carbons (Fsp3) is 0.769. The predicted octanol–water partition coefficient (Wildman–Crippen LogP) is 0.196. The zero-order valence-corrected chi connectivity index (χ0v) is 12.1. The van der Waals surface area contributed by atoms with E-state index in [1.165, 1.54) is 12.8 Å². The van der Waals surface area contributed by atoms with Gasteiger partial charge >= 0.3 is 0 Å². The molecule has 0 atom stereocenters. The molecule has 0 spiro atoms. The second-order valence-corrected chi connectivity index (χ2v) is 5.41. The summed E-state index contributed by atoms with van der Waals surface area (Å²) in [5.41, 5.74) is 5.86. The van der Waals surface area contributed by atoms with Crippen LogP contribution in [0.25, 0.3) is 0 Å². The van der Waals surface area contributed by atoms with E-state index in [4.69, 9.17) is 5.73 Å². The van der Waals surface area contributed by atoms with Gasteiger partial charge in [-0.05, 0) is 19.4 Å². The third kappa shape index (κ3) is 2.77. The van der Waals surface area contributed by atoms with E-state index in [1.54, 1.807) is 0 Å². The second-order valence-electron chi connectivity index (χ2n) is 5.41. The molecular formula is C13H23N7. The molecule has 2 fully saturated rings. The predicted molar refractivity (Wildman–Crippen MR) is 80.0 cm³/mol. The number of aromatic nitrogens is 3. The number of hydrogen-bond acceptors (Lipinski definition) is 7. The SMILES string of the molecule is CCN1CCN(c2nc(N)nc(N3CCCC3)n2)CC1. The summed E-state index contributed by atoms with van der Waals surface area (Å²) < 4.78 is 0. The van der Waals surface area contributed by atoms with Crippen molar-refractivity contribution >= 4 is 17.8 Å². The molecule has 1 aromatic rings. The van der Waals surface area contributed by atoms with Crippen molar-refractivity contribution in [2.24, 2.45) is 0 Å². The van der Waals surface area contributed by atoms with Gasteiger partial charge in [0.1, 0.15) is 0 Å². The summed E-state index contributed by atoms with van der Waals surface area (Å²) in [4.78, 5) is 20.1. The molecule has 7 nitrogen and oxygen atoms in total. The number of anilines is 3. The maximum atomic E-state index is 5.86. The van der Waals surface area contributed by atoms with Crippen molar-refractivity contribution in [1.82, 2.24) is 19.9 Å². The summed E-state index contributed by atoms with van der Waals surface area (Å²) in [6, 6.07) is 0. The number of nitrogen functional groups attached to an aromatic ring is 1. The Kier molecular flexibility index (Phi) is 3.86. The molecule has 0 saturated carbocycles. The minimum absolute atomic E-state index is 0.329. The van der Waals surface area contributed by atoms with E-state index in [-0.39, 0.29) is 0 Å². The Bertz CT molecular complexity index is 450. The van der Waals surface area contributed by atoms with Crippen LogP contribution in [0.15, 0.2) is 0 Å². The minimum atomic E-state index is 0.329. The van der Waals surface area contributed by atoms with Gasteiger partial charge in [0.15, 0.2) is 0 Å². The summed E-state index contributed by atoms with van der Waals surface area (Å²) in [5.74, 6) is 1.80. The van der Waals surface area contributed by atoms with E-state index in [0.717, 1.165) is 57.7 Å². The molecule has 0 unspecified atom stereocenters. The lowest BCUT2D eigenvalue weighted by Crippen LogP contribution is -2.47. The van der Waals surface area contributed by atoms with Gasteiger partial charge in [0, 0.05) is 39.3 Å². The quantitative estimate of drug-likeness (QED) is 0.845. The van der Waals surface area contributed by atoms with Gasteiger partial charge in [-0.1, -0.05) is 6.92 Å². The molecule has 7 heteroatoms. The standard InChI is InChI=1S/C13H23N7/c1-2-18-7-9-20(10-8-18)13-16-11(14)15-12(17-13)19-5-3-4-6-19/h2-10H2,1H3,(H2,14,15,16,17). The van der Waals surface area contributed by atoms with Gasteiger partial charge in [0.25, 0.3) is 0 Å². The van der Waals surface area contributed by atoms with Crippen molar-refractivity contribution < 1.29 is 0 Å². The molecule has 0 bridgehead atoms. The topological polar surface area (TPSA) is 74.4 Å².